The molecule has 0 rings (SSSR count). The molecule has 0 bridgehead atoms. The maximum Gasteiger partial charge on any atom is 0.261 e. The Kier molecular flexibility index (Phi) is 10.4. The Morgan fingerprint density at radius 2 is 1.94 bits per heavy atom. The fraction of sp³-hybridized carbons (Fsp3) is 1.00. The van der Waals surface area contributed by atoms with E-state index < -0.39 is 23.1 Å². The van der Waals surface area contributed by atoms with Crippen LogP contribution in [-0.4, -0.2) is 53.4 Å². The predicted octanol–water partition coefficient (Wildman–Crippen LogP) is 0.577. The van der Waals surface area contributed by atoms with Gasteiger partial charge in [0.15, 0.2) is 0 Å². The highest BCUT2D eigenvalue weighted by Crippen LogP contribution is 1.92. The van der Waals surface area contributed by atoms with Crippen molar-refractivity contribution in [1.29, 1.82) is 0 Å². The van der Waals surface area contributed by atoms with E-state index in [4.69, 9.17) is 0 Å². The zero-order valence-corrected chi connectivity index (χ0v) is 11.4. The highest BCUT2D eigenvalue weighted by Gasteiger charge is 2.09. The molecule has 0 unspecified atom stereocenters. The van der Waals surface area contributed by atoms with Crippen molar-refractivity contribution in [2.75, 3.05) is 38.6 Å². The third-order valence-corrected chi connectivity index (χ3v) is 3.48. The second-order valence-electron chi connectivity index (χ2n) is 3.78. The summed E-state index contributed by atoms with van der Waals surface area (Å²) < 4.78 is 53.1. The third kappa shape index (κ3) is 12.2. The summed E-state index contributed by atoms with van der Waals surface area (Å²) in [5.74, 6) is 0.0264. The van der Waals surface area contributed by atoms with Gasteiger partial charge in [-0.1, -0.05) is 6.92 Å². The van der Waals surface area contributed by atoms with Crippen LogP contribution in [0.3, 0.4) is 0 Å². The van der Waals surface area contributed by atoms with E-state index in [1.54, 1.807) is 0 Å². The van der Waals surface area contributed by atoms with E-state index in [0.29, 0.717) is 13.0 Å². The molecule has 0 heterocycles. The van der Waals surface area contributed by atoms with Crippen molar-refractivity contribution < 1.29 is 21.9 Å². The minimum absolute atomic E-state index is 0.0252. The van der Waals surface area contributed by atoms with Gasteiger partial charge in [-0.3, -0.25) is 0 Å². The molecule has 0 aromatic rings. The van der Waals surface area contributed by atoms with Gasteiger partial charge in [0, 0.05) is 6.54 Å². The first-order valence-electron chi connectivity index (χ1n) is 6.02. The Morgan fingerprint density at radius 1 is 1.22 bits per heavy atom. The van der Waals surface area contributed by atoms with Crippen LogP contribution >= 0.6 is 0 Å². The minimum atomic E-state index is -3.33. The van der Waals surface area contributed by atoms with Crippen molar-refractivity contribution in [1.82, 2.24) is 10.0 Å². The summed E-state index contributed by atoms with van der Waals surface area (Å²) in [7, 11) is -3.33. The fourth-order valence-electron chi connectivity index (χ4n) is 1.20. The van der Waals surface area contributed by atoms with Gasteiger partial charge in [-0.2, -0.15) is 0 Å². The standard InChI is InChI=1S/C10H22F2N2O3S/c1-2-4-13-5-3-8-18(15,16)14-6-7-17-9-10(11)12/h10,13-14H,2-9H2,1H3. The topological polar surface area (TPSA) is 67.4 Å². The molecule has 0 radical (unpaired) electrons. The van der Waals surface area contributed by atoms with E-state index in [1.165, 1.54) is 0 Å². The quantitative estimate of drug-likeness (QED) is 0.515. The highest BCUT2D eigenvalue weighted by atomic mass is 32.2. The molecule has 0 aliphatic rings. The van der Waals surface area contributed by atoms with E-state index in [1.807, 2.05) is 6.92 Å². The van der Waals surface area contributed by atoms with E-state index in [2.05, 4.69) is 14.8 Å². The summed E-state index contributed by atoms with van der Waals surface area (Å²) in [6, 6.07) is 0. The summed E-state index contributed by atoms with van der Waals surface area (Å²) >= 11 is 0. The van der Waals surface area contributed by atoms with Crippen LogP contribution in [0, 0.1) is 0 Å². The number of nitrogens with one attached hydrogen (secondary N) is 2. The maximum atomic E-state index is 11.7. The normalized spacial score (nSPS) is 12.2. The van der Waals surface area contributed by atoms with Crippen LogP contribution < -0.4 is 10.0 Å². The van der Waals surface area contributed by atoms with Crippen molar-refractivity contribution in [2.45, 2.75) is 26.2 Å². The summed E-state index contributed by atoms with van der Waals surface area (Å²) in [4.78, 5) is 0. The minimum Gasteiger partial charge on any atom is -0.374 e. The Morgan fingerprint density at radius 3 is 2.56 bits per heavy atom. The number of rotatable bonds is 12. The first kappa shape index (κ1) is 17.7. The van der Waals surface area contributed by atoms with Crippen LogP contribution in [0.25, 0.3) is 0 Å². The monoisotopic (exact) mass is 288 g/mol. The van der Waals surface area contributed by atoms with Gasteiger partial charge in [0.05, 0.1) is 12.4 Å². The summed E-state index contributed by atoms with van der Waals surface area (Å²) in [5, 5.41) is 3.10. The number of halogens is 2. The molecule has 5 nitrogen and oxygen atoms in total. The Labute approximate surface area is 107 Å². The molecule has 0 aromatic heterocycles. The molecule has 0 fully saturated rings. The molecule has 110 valence electrons. The molecule has 0 amide bonds. The van der Waals surface area contributed by atoms with Gasteiger partial charge in [-0.15, -0.1) is 0 Å². The average molecular weight is 288 g/mol. The van der Waals surface area contributed by atoms with Crippen LogP contribution in [0.4, 0.5) is 8.78 Å². The van der Waals surface area contributed by atoms with Crippen molar-refractivity contribution in [2.24, 2.45) is 0 Å². The van der Waals surface area contributed by atoms with Crippen molar-refractivity contribution in [3.05, 3.63) is 0 Å². The van der Waals surface area contributed by atoms with E-state index in [-0.39, 0.29) is 18.9 Å². The zero-order valence-electron chi connectivity index (χ0n) is 10.6. The van der Waals surface area contributed by atoms with E-state index in [9.17, 15) is 17.2 Å². The highest BCUT2D eigenvalue weighted by molar-refractivity contribution is 7.89. The number of hydrogen-bond donors (Lipinski definition) is 2. The number of sulfonamides is 1. The fourth-order valence-corrected chi connectivity index (χ4v) is 2.27. The van der Waals surface area contributed by atoms with Gasteiger partial charge < -0.3 is 10.1 Å². The van der Waals surface area contributed by atoms with E-state index in [0.717, 1.165) is 13.0 Å². The molecule has 0 saturated carbocycles. The van der Waals surface area contributed by atoms with Crippen molar-refractivity contribution in [3.8, 4) is 0 Å². The summed E-state index contributed by atoms with van der Waals surface area (Å²) in [6.45, 7) is 2.87. The molecule has 0 atom stereocenters. The molecule has 0 aliphatic heterocycles. The van der Waals surface area contributed by atoms with Gasteiger partial charge in [0.2, 0.25) is 10.0 Å². The maximum absolute atomic E-state index is 11.7. The lowest BCUT2D eigenvalue weighted by Gasteiger charge is -2.07. The first-order valence-corrected chi connectivity index (χ1v) is 7.67. The molecule has 0 aliphatic carbocycles. The van der Waals surface area contributed by atoms with Crippen molar-refractivity contribution in [3.63, 3.8) is 0 Å². The van der Waals surface area contributed by atoms with Crippen LogP contribution in [0.15, 0.2) is 0 Å². The molecule has 2 N–H and O–H groups in total. The van der Waals surface area contributed by atoms with Crippen LogP contribution in [0.2, 0.25) is 0 Å². The molecule has 18 heavy (non-hydrogen) atoms. The second kappa shape index (κ2) is 10.6. The SMILES string of the molecule is CCCNCCCS(=O)(=O)NCCOCC(F)F. The van der Waals surface area contributed by atoms with E-state index >= 15 is 0 Å². The number of hydrogen-bond acceptors (Lipinski definition) is 4. The number of ether oxygens (including phenoxy) is 1. The average Bonchev–Trinajstić information content (AvgIpc) is 2.27. The predicted molar refractivity (Wildman–Crippen MR) is 66.4 cm³/mol. The van der Waals surface area contributed by atoms with Gasteiger partial charge in [0.25, 0.3) is 6.43 Å². The van der Waals surface area contributed by atoms with Gasteiger partial charge in [-0.25, -0.2) is 21.9 Å². The molecule has 8 heteroatoms. The Bertz CT molecular complexity index is 287. The second-order valence-corrected chi connectivity index (χ2v) is 5.71. The molecular weight excluding hydrogens is 266 g/mol. The van der Waals surface area contributed by atoms with Crippen LogP contribution in [-0.2, 0) is 14.8 Å². The third-order valence-electron chi connectivity index (χ3n) is 2.01. The lowest BCUT2D eigenvalue weighted by molar-refractivity contribution is 0.0199. The lowest BCUT2D eigenvalue weighted by Crippen LogP contribution is -2.31. The number of alkyl halides is 2. The lowest BCUT2D eigenvalue weighted by atomic mass is 10.4. The van der Waals surface area contributed by atoms with Gasteiger partial charge in [0.1, 0.15) is 6.61 Å². The largest absolute Gasteiger partial charge is 0.374 e. The first-order chi connectivity index (χ1) is 8.48. The van der Waals surface area contributed by atoms with Crippen LogP contribution in [0.5, 0.6) is 0 Å². The smallest absolute Gasteiger partial charge is 0.261 e. The zero-order chi connectivity index (χ0) is 13.9. The van der Waals surface area contributed by atoms with Crippen molar-refractivity contribution >= 4 is 10.0 Å². The van der Waals surface area contributed by atoms with Gasteiger partial charge >= 0.3 is 0 Å². The summed E-state index contributed by atoms with van der Waals surface area (Å²) in [5.41, 5.74) is 0. The molecular formula is C10H22F2N2O3S. The molecule has 0 saturated heterocycles. The Balaban J connectivity index is 3.49. The summed E-state index contributed by atoms with van der Waals surface area (Å²) in [6.07, 6.45) is -0.995. The van der Waals surface area contributed by atoms with Gasteiger partial charge in [-0.05, 0) is 25.9 Å². The molecule has 0 spiro atoms. The van der Waals surface area contributed by atoms with Crippen LogP contribution in [0.1, 0.15) is 19.8 Å². The Hall–Kier alpha value is -0.310. The molecule has 0 aromatic carbocycles.